The van der Waals surface area contributed by atoms with Gasteiger partial charge in [-0.15, -0.1) is 0 Å². The van der Waals surface area contributed by atoms with E-state index in [-0.39, 0.29) is 5.56 Å². The first-order chi connectivity index (χ1) is 9.27. The summed E-state index contributed by atoms with van der Waals surface area (Å²) < 4.78 is 16.8. The number of anilines is 1. The minimum atomic E-state index is -0.146. The molecule has 0 unspecified atom stereocenters. The second-order valence-electron chi connectivity index (χ2n) is 3.77. The summed E-state index contributed by atoms with van der Waals surface area (Å²) in [6.45, 7) is 3.02. The highest BCUT2D eigenvalue weighted by Crippen LogP contribution is 1.96. The minimum Gasteiger partial charge on any atom is -0.387 e. The maximum absolute atomic E-state index is 11.6. The highest BCUT2D eigenvalue weighted by Gasteiger charge is 1.99. The van der Waals surface area contributed by atoms with Crippen molar-refractivity contribution >= 4 is 5.69 Å². The molecule has 0 bridgehead atoms. The van der Waals surface area contributed by atoms with Crippen LogP contribution in [0.5, 0.6) is 0 Å². The zero-order chi connectivity index (χ0) is 13.9. The largest absolute Gasteiger partial charge is 0.387 e. The van der Waals surface area contributed by atoms with Crippen molar-refractivity contribution in [2.75, 3.05) is 52.5 Å². The van der Waals surface area contributed by atoms with Crippen molar-refractivity contribution in [1.82, 2.24) is 9.78 Å². The van der Waals surface area contributed by atoms with Crippen LogP contribution in [0, 0.1) is 0 Å². The van der Waals surface area contributed by atoms with Gasteiger partial charge < -0.3 is 19.5 Å². The van der Waals surface area contributed by atoms with Crippen molar-refractivity contribution in [3.63, 3.8) is 0 Å². The van der Waals surface area contributed by atoms with Crippen molar-refractivity contribution in [2.24, 2.45) is 0 Å². The van der Waals surface area contributed by atoms with E-state index >= 15 is 0 Å². The molecule has 1 aromatic heterocycles. The zero-order valence-electron chi connectivity index (χ0n) is 11.4. The van der Waals surface area contributed by atoms with Crippen molar-refractivity contribution < 1.29 is 14.2 Å². The Bertz CT molecular complexity index is 408. The van der Waals surface area contributed by atoms with E-state index in [0.717, 1.165) is 0 Å². The molecule has 0 fully saturated rings. The molecule has 0 aliphatic heterocycles. The summed E-state index contributed by atoms with van der Waals surface area (Å²) in [7, 11) is 3.37. The van der Waals surface area contributed by atoms with Crippen molar-refractivity contribution in [3.05, 3.63) is 22.6 Å². The summed E-state index contributed by atoms with van der Waals surface area (Å²) in [6.07, 6.45) is 1.61. The molecule has 0 atom stereocenters. The molecule has 0 aliphatic carbocycles. The van der Waals surface area contributed by atoms with Crippen LogP contribution in [-0.4, -0.2) is 57.0 Å². The number of nitrogens with zero attached hydrogens (tertiary/aromatic N) is 2. The van der Waals surface area contributed by atoms with Crippen LogP contribution in [0.4, 0.5) is 5.69 Å². The standard InChI is InChI=1S/C12H21N3O4/c1-13-11-9-12(16)15(14-10-11)3-4-18-7-8-19-6-5-17-2/h9-10,13H,3-8H2,1-2H3. The molecule has 1 N–H and O–H groups in total. The predicted octanol–water partition coefficient (Wildman–Crippen LogP) is -0.0354. The highest BCUT2D eigenvalue weighted by molar-refractivity contribution is 5.37. The van der Waals surface area contributed by atoms with E-state index in [0.29, 0.717) is 45.3 Å². The van der Waals surface area contributed by atoms with Gasteiger partial charge >= 0.3 is 0 Å². The smallest absolute Gasteiger partial charge is 0.268 e. The summed E-state index contributed by atoms with van der Waals surface area (Å²) in [6, 6.07) is 1.50. The van der Waals surface area contributed by atoms with E-state index in [4.69, 9.17) is 14.2 Å². The summed E-state index contributed by atoms with van der Waals surface area (Å²) in [5.41, 5.74) is 0.556. The van der Waals surface area contributed by atoms with Crippen LogP contribution in [0.1, 0.15) is 0 Å². The van der Waals surface area contributed by atoms with Crippen molar-refractivity contribution in [1.29, 1.82) is 0 Å². The van der Waals surface area contributed by atoms with E-state index in [2.05, 4.69) is 10.4 Å². The molecule has 0 aliphatic rings. The van der Waals surface area contributed by atoms with Gasteiger partial charge in [-0.2, -0.15) is 5.10 Å². The van der Waals surface area contributed by atoms with Crippen LogP contribution >= 0.6 is 0 Å². The molecule has 1 aromatic rings. The molecule has 19 heavy (non-hydrogen) atoms. The zero-order valence-corrected chi connectivity index (χ0v) is 11.4. The maximum atomic E-state index is 11.6. The van der Waals surface area contributed by atoms with Crippen LogP contribution in [0.25, 0.3) is 0 Å². The van der Waals surface area contributed by atoms with Gasteiger partial charge in [-0.1, -0.05) is 0 Å². The lowest BCUT2D eigenvalue weighted by Gasteiger charge is -2.07. The molecule has 7 nitrogen and oxygen atoms in total. The third-order valence-electron chi connectivity index (χ3n) is 2.41. The molecule has 0 radical (unpaired) electrons. The first-order valence-electron chi connectivity index (χ1n) is 6.17. The molecule has 0 spiro atoms. The summed E-state index contributed by atoms with van der Waals surface area (Å²) >= 11 is 0. The third-order valence-corrected chi connectivity index (χ3v) is 2.41. The third kappa shape index (κ3) is 6.32. The van der Waals surface area contributed by atoms with Gasteiger partial charge in [-0.3, -0.25) is 4.79 Å². The van der Waals surface area contributed by atoms with Gasteiger partial charge in [0.1, 0.15) is 0 Å². The number of methoxy groups -OCH3 is 1. The van der Waals surface area contributed by atoms with Gasteiger partial charge in [0.2, 0.25) is 0 Å². The van der Waals surface area contributed by atoms with E-state index in [1.165, 1.54) is 10.7 Å². The van der Waals surface area contributed by atoms with Crippen LogP contribution in [-0.2, 0) is 20.8 Å². The summed E-state index contributed by atoms with van der Waals surface area (Å²) in [5.74, 6) is 0. The number of aromatic nitrogens is 2. The van der Waals surface area contributed by atoms with E-state index in [1.807, 2.05) is 0 Å². The molecule has 0 saturated carbocycles. The highest BCUT2D eigenvalue weighted by atomic mass is 16.5. The Morgan fingerprint density at radius 3 is 2.53 bits per heavy atom. The lowest BCUT2D eigenvalue weighted by atomic mass is 10.4. The van der Waals surface area contributed by atoms with Crippen molar-refractivity contribution in [3.8, 4) is 0 Å². The number of ether oxygens (including phenoxy) is 3. The molecular formula is C12H21N3O4. The lowest BCUT2D eigenvalue weighted by Crippen LogP contribution is -2.24. The monoisotopic (exact) mass is 271 g/mol. The summed E-state index contributed by atoms with van der Waals surface area (Å²) in [4.78, 5) is 11.6. The summed E-state index contributed by atoms with van der Waals surface area (Å²) in [5, 5.41) is 6.88. The molecule has 0 amide bonds. The van der Waals surface area contributed by atoms with Crippen LogP contribution in [0.15, 0.2) is 17.1 Å². The molecule has 7 heteroatoms. The Hall–Kier alpha value is -1.44. The molecule has 108 valence electrons. The van der Waals surface area contributed by atoms with Crippen LogP contribution < -0.4 is 10.9 Å². The first-order valence-corrected chi connectivity index (χ1v) is 6.17. The second-order valence-corrected chi connectivity index (χ2v) is 3.77. The topological polar surface area (TPSA) is 74.6 Å². The fourth-order valence-electron chi connectivity index (χ4n) is 1.35. The Kier molecular flexibility index (Phi) is 7.80. The van der Waals surface area contributed by atoms with E-state index in [1.54, 1.807) is 20.4 Å². The normalized spacial score (nSPS) is 10.6. The van der Waals surface area contributed by atoms with Crippen LogP contribution in [0.2, 0.25) is 0 Å². The van der Waals surface area contributed by atoms with Gasteiger partial charge in [-0.25, -0.2) is 4.68 Å². The Morgan fingerprint density at radius 2 is 1.89 bits per heavy atom. The number of nitrogens with one attached hydrogen (secondary N) is 1. The van der Waals surface area contributed by atoms with Crippen LogP contribution in [0.3, 0.4) is 0 Å². The average Bonchev–Trinajstić information content (AvgIpc) is 2.43. The Balaban J connectivity index is 2.14. The van der Waals surface area contributed by atoms with Gasteiger partial charge in [-0.05, 0) is 0 Å². The number of rotatable bonds is 10. The second kappa shape index (κ2) is 9.48. The van der Waals surface area contributed by atoms with Gasteiger partial charge in [0.15, 0.2) is 0 Å². The Labute approximate surface area is 112 Å². The van der Waals surface area contributed by atoms with E-state index in [9.17, 15) is 4.79 Å². The molecule has 1 rings (SSSR count). The fourth-order valence-corrected chi connectivity index (χ4v) is 1.35. The molecular weight excluding hydrogens is 250 g/mol. The van der Waals surface area contributed by atoms with Gasteiger partial charge in [0.25, 0.3) is 5.56 Å². The van der Waals surface area contributed by atoms with Gasteiger partial charge in [0.05, 0.1) is 51.5 Å². The SMILES string of the molecule is CNc1cnn(CCOCCOCCOC)c(=O)c1. The first kappa shape index (κ1) is 15.6. The Morgan fingerprint density at radius 1 is 1.21 bits per heavy atom. The van der Waals surface area contributed by atoms with Crippen molar-refractivity contribution in [2.45, 2.75) is 6.54 Å². The molecule has 0 saturated heterocycles. The van der Waals surface area contributed by atoms with Gasteiger partial charge in [0, 0.05) is 20.2 Å². The quantitative estimate of drug-likeness (QED) is 0.602. The minimum absolute atomic E-state index is 0.146. The average molecular weight is 271 g/mol. The fraction of sp³-hybridized carbons (Fsp3) is 0.667. The molecule has 0 aromatic carbocycles. The number of hydrogen-bond donors (Lipinski definition) is 1. The molecule has 1 heterocycles. The lowest BCUT2D eigenvalue weighted by molar-refractivity contribution is 0.0223. The number of hydrogen-bond acceptors (Lipinski definition) is 6. The maximum Gasteiger partial charge on any atom is 0.268 e. The van der Waals surface area contributed by atoms with E-state index < -0.39 is 0 Å². The predicted molar refractivity (Wildman–Crippen MR) is 71.6 cm³/mol.